The third kappa shape index (κ3) is 3.09. The van der Waals surface area contributed by atoms with Crippen LogP contribution in [0, 0.1) is 0 Å². The van der Waals surface area contributed by atoms with Crippen LogP contribution in [-0.4, -0.2) is 46.6 Å². The molecule has 7 heteroatoms. The summed E-state index contributed by atoms with van der Waals surface area (Å²) in [4.78, 5) is 33.9. The molecule has 2 aliphatic heterocycles. The molecule has 0 saturated heterocycles. The number of amides is 2. The fourth-order valence-electron chi connectivity index (χ4n) is 4.03. The standard InChI is InChI=1S/C23H20N4O3/c28-13-22(29)27-12-16(9-15-3-1-2-4-21(15)27)19-10-14(5-7-24-19)20-11-17-18(26-20)6-8-25-23(17)30/h1-5,7,9-11,26,28H,6,8,12-13H2,(H,25,30). The van der Waals surface area contributed by atoms with Crippen LogP contribution in [0.3, 0.4) is 0 Å². The van der Waals surface area contributed by atoms with Gasteiger partial charge in [0.25, 0.3) is 11.8 Å². The number of nitrogens with one attached hydrogen (secondary N) is 2. The number of fused-ring (bicyclic) bond motifs is 2. The van der Waals surface area contributed by atoms with E-state index in [1.54, 1.807) is 11.1 Å². The van der Waals surface area contributed by atoms with Gasteiger partial charge in [-0.15, -0.1) is 0 Å². The lowest BCUT2D eigenvalue weighted by atomic mass is 9.98. The number of hydrogen-bond acceptors (Lipinski definition) is 4. The minimum Gasteiger partial charge on any atom is -0.387 e. The lowest BCUT2D eigenvalue weighted by molar-refractivity contribution is -0.121. The van der Waals surface area contributed by atoms with E-state index in [4.69, 9.17) is 0 Å². The largest absolute Gasteiger partial charge is 0.387 e. The molecule has 0 unspecified atom stereocenters. The highest BCUT2D eigenvalue weighted by molar-refractivity contribution is 6.03. The van der Waals surface area contributed by atoms with Gasteiger partial charge in [0, 0.05) is 36.1 Å². The first-order valence-electron chi connectivity index (χ1n) is 9.82. The minimum absolute atomic E-state index is 0.0576. The van der Waals surface area contributed by atoms with E-state index in [1.807, 2.05) is 48.5 Å². The van der Waals surface area contributed by atoms with E-state index < -0.39 is 6.61 Å². The number of benzene rings is 1. The molecule has 5 rings (SSSR count). The van der Waals surface area contributed by atoms with Crippen molar-refractivity contribution in [1.82, 2.24) is 15.3 Å². The molecule has 2 aromatic heterocycles. The van der Waals surface area contributed by atoms with Crippen LogP contribution in [0.2, 0.25) is 0 Å². The van der Waals surface area contributed by atoms with Gasteiger partial charge in [-0.05, 0) is 41.5 Å². The molecular weight excluding hydrogens is 380 g/mol. The molecule has 30 heavy (non-hydrogen) atoms. The van der Waals surface area contributed by atoms with E-state index in [1.165, 1.54) is 0 Å². The number of aliphatic hydroxyl groups is 1. The van der Waals surface area contributed by atoms with Gasteiger partial charge >= 0.3 is 0 Å². The van der Waals surface area contributed by atoms with Crippen molar-refractivity contribution in [3.8, 4) is 11.3 Å². The van der Waals surface area contributed by atoms with Gasteiger partial charge in [0.2, 0.25) is 0 Å². The SMILES string of the molecule is O=C1NCCc2[nH]c(-c3ccnc(C4=Cc5ccccc5N(C(=O)CO)C4)c3)cc21. The highest BCUT2D eigenvalue weighted by Crippen LogP contribution is 2.33. The molecule has 3 N–H and O–H groups in total. The van der Waals surface area contributed by atoms with Gasteiger partial charge in [0.15, 0.2) is 0 Å². The van der Waals surface area contributed by atoms with Crippen LogP contribution in [0.15, 0.2) is 48.7 Å². The molecule has 0 atom stereocenters. The van der Waals surface area contributed by atoms with Crippen molar-refractivity contribution < 1.29 is 14.7 Å². The molecule has 150 valence electrons. The van der Waals surface area contributed by atoms with Crippen LogP contribution >= 0.6 is 0 Å². The van der Waals surface area contributed by atoms with E-state index in [0.717, 1.165) is 45.9 Å². The van der Waals surface area contributed by atoms with Crippen molar-refractivity contribution >= 4 is 29.2 Å². The number of H-pyrrole nitrogens is 1. The third-order valence-corrected chi connectivity index (χ3v) is 5.53. The van der Waals surface area contributed by atoms with Gasteiger partial charge in [-0.1, -0.05) is 18.2 Å². The maximum absolute atomic E-state index is 12.3. The van der Waals surface area contributed by atoms with E-state index in [-0.39, 0.29) is 11.8 Å². The normalized spacial score (nSPS) is 15.2. The number of anilines is 1. The van der Waals surface area contributed by atoms with E-state index in [2.05, 4.69) is 15.3 Å². The van der Waals surface area contributed by atoms with Crippen molar-refractivity contribution in [2.75, 3.05) is 24.6 Å². The van der Waals surface area contributed by atoms with Crippen LogP contribution < -0.4 is 10.2 Å². The number of carbonyl (C=O) groups is 2. The first-order valence-corrected chi connectivity index (χ1v) is 9.82. The number of carbonyl (C=O) groups excluding carboxylic acids is 2. The minimum atomic E-state index is -0.550. The zero-order valence-corrected chi connectivity index (χ0v) is 16.2. The maximum Gasteiger partial charge on any atom is 0.253 e. The average molecular weight is 400 g/mol. The molecule has 2 amide bonds. The molecule has 0 saturated carbocycles. The lowest BCUT2D eigenvalue weighted by Gasteiger charge is -2.29. The van der Waals surface area contributed by atoms with E-state index >= 15 is 0 Å². The second-order valence-corrected chi connectivity index (χ2v) is 7.38. The molecule has 0 spiro atoms. The van der Waals surface area contributed by atoms with Crippen LogP contribution in [0.4, 0.5) is 5.69 Å². The van der Waals surface area contributed by atoms with E-state index in [9.17, 15) is 14.7 Å². The predicted octanol–water partition coefficient (Wildman–Crippen LogP) is 2.24. The quantitative estimate of drug-likeness (QED) is 0.628. The Morgan fingerprint density at radius 1 is 1.20 bits per heavy atom. The van der Waals surface area contributed by atoms with Crippen LogP contribution in [0.5, 0.6) is 0 Å². The summed E-state index contributed by atoms with van der Waals surface area (Å²) in [6.45, 7) is 0.413. The Morgan fingerprint density at radius 3 is 2.90 bits per heavy atom. The summed E-state index contributed by atoms with van der Waals surface area (Å²) >= 11 is 0. The first-order chi connectivity index (χ1) is 14.6. The zero-order chi connectivity index (χ0) is 20.7. The lowest BCUT2D eigenvalue weighted by Crippen LogP contribution is -2.36. The summed E-state index contributed by atoms with van der Waals surface area (Å²) in [5.74, 6) is -0.412. The monoisotopic (exact) mass is 400 g/mol. The smallest absolute Gasteiger partial charge is 0.253 e. The Labute approximate surface area is 173 Å². The van der Waals surface area contributed by atoms with Crippen molar-refractivity contribution in [2.24, 2.45) is 0 Å². The summed E-state index contributed by atoms with van der Waals surface area (Å²) in [6, 6.07) is 13.3. The fourth-order valence-corrected chi connectivity index (χ4v) is 4.03. The second-order valence-electron chi connectivity index (χ2n) is 7.38. The topological polar surface area (TPSA) is 98.3 Å². The molecule has 0 fully saturated rings. The van der Waals surface area contributed by atoms with E-state index in [0.29, 0.717) is 18.7 Å². The maximum atomic E-state index is 12.3. The molecule has 1 aromatic carbocycles. The predicted molar refractivity (Wildman–Crippen MR) is 114 cm³/mol. The van der Waals surface area contributed by atoms with Gasteiger partial charge < -0.3 is 20.3 Å². The first kappa shape index (κ1) is 18.3. The molecule has 7 nitrogen and oxygen atoms in total. The molecular formula is C23H20N4O3. The zero-order valence-electron chi connectivity index (χ0n) is 16.2. The summed E-state index contributed by atoms with van der Waals surface area (Å²) in [6.07, 6.45) is 4.53. The van der Waals surface area contributed by atoms with Crippen LogP contribution in [0.25, 0.3) is 22.9 Å². The number of nitrogens with zero attached hydrogens (tertiary/aromatic N) is 2. The van der Waals surface area contributed by atoms with Gasteiger partial charge in [-0.2, -0.15) is 0 Å². The van der Waals surface area contributed by atoms with Crippen molar-refractivity contribution in [3.63, 3.8) is 0 Å². The number of pyridine rings is 1. The number of aliphatic hydroxyl groups excluding tert-OH is 1. The Kier molecular flexibility index (Phi) is 4.44. The van der Waals surface area contributed by atoms with Crippen molar-refractivity contribution in [1.29, 1.82) is 0 Å². The van der Waals surface area contributed by atoms with Gasteiger partial charge in [-0.25, -0.2) is 0 Å². The number of aromatic nitrogens is 2. The highest BCUT2D eigenvalue weighted by atomic mass is 16.3. The summed E-state index contributed by atoms with van der Waals surface area (Å²) < 4.78 is 0. The second kappa shape index (κ2) is 7.27. The number of hydrogen-bond donors (Lipinski definition) is 3. The average Bonchev–Trinajstić information content (AvgIpc) is 3.24. The number of aromatic amines is 1. The Bertz CT molecular complexity index is 1190. The fraction of sp³-hybridized carbons (Fsp3) is 0.174. The van der Waals surface area contributed by atoms with Crippen LogP contribution in [-0.2, 0) is 11.2 Å². The van der Waals surface area contributed by atoms with Crippen molar-refractivity contribution in [3.05, 3.63) is 71.2 Å². The van der Waals surface area contributed by atoms with Crippen molar-refractivity contribution in [2.45, 2.75) is 6.42 Å². The molecule has 0 radical (unpaired) electrons. The molecule has 0 bridgehead atoms. The third-order valence-electron chi connectivity index (χ3n) is 5.53. The van der Waals surface area contributed by atoms with Gasteiger partial charge in [0.1, 0.15) is 6.61 Å². The molecule has 0 aliphatic carbocycles. The highest BCUT2D eigenvalue weighted by Gasteiger charge is 2.25. The molecule has 4 heterocycles. The number of rotatable bonds is 3. The summed E-state index contributed by atoms with van der Waals surface area (Å²) in [5.41, 5.74) is 6.71. The Balaban J connectivity index is 1.54. The molecule has 2 aliphatic rings. The Hall–Kier alpha value is -3.71. The summed E-state index contributed by atoms with van der Waals surface area (Å²) in [5, 5.41) is 12.3. The van der Waals surface area contributed by atoms with Crippen LogP contribution in [0.1, 0.15) is 27.3 Å². The Morgan fingerprint density at radius 2 is 2.07 bits per heavy atom. The van der Waals surface area contributed by atoms with Gasteiger partial charge in [0.05, 0.1) is 23.5 Å². The number of para-hydroxylation sites is 1. The summed E-state index contributed by atoms with van der Waals surface area (Å²) in [7, 11) is 0. The molecule has 3 aromatic rings. The van der Waals surface area contributed by atoms with Gasteiger partial charge in [-0.3, -0.25) is 14.6 Å².